The lowest BCUT2D eigenvalue weighted by Crippen LogP contribution is -2.41. The molecule has 0 unspecified atom stereocenters. The molecular formula is C19H19IN2O4. The Morgan fingerprint density at radius 1 is 1.19 bits per heavy atom. The minimum Gasteiger partial charge on any atom is -0.373 e. The van der Waals surface area contributed by atoms with Gasteiger partial charge in [-0.1, -0.05) is 30.3 Å². The molecule has 0 saturated carbocycles. The highest BCUT2D eigenvalue weighted by atomic mass is 127. The summed E-state index contributed by atoms with van der Waals surface area (Å²) in [6.07, 6.45) is 1.66. The summed E-state index contributed by atoms with van der Waals surface area (Å²) in [5.74, 6) is -0.153. The van der Waals surface area contributed by atoms with Gasteiger partial charge in [0.05, 0.1) is 23.2 Å². The SMILES string of the molecule is O=C(c1cc([N+](=O)[O-])ccc1I)N1CCC(OCc2ccccc2)CC1. The Hall–Kier alpha value is -2.00. The van der Waals surface area contributed by atoms with Crippen molar-refractivity contribution in [1.82, 2.24) is 4.90 Å². The fourth-order valence-corrected chi connectivity index (χ4v) is 3.54. The maximum absolute atomic E-state index is 12.7. The Labute approximate surface area is 165 Å². The van der Waals surface area contributed by atoms with E-state index in [1.165, 1.54) is 12.1 Å². The molecule has 7 heteroatoms. The maximum atomic E-state index is 12.7. The van der Waals surface area contributed by atoms with E-state index in [0.717, 1.165) is 22.0 Å². The summed E-state index contributed by atoms with van der Waals surface area (Å²) in [4.78, 5) is 25.0. The summed E-state index contributed by atoms with van der Waals surface area (Å²) in [6.45, 7) is 1.76. The normalized spacial score (nSPS) is 15.0. The first-order valence-corrected chi connectivity index (χ1v) is 9.51. The number of ether oxygens (including phenoxy) is 1. The third-order valence-corrected chi connectivity index (χ3v) is 5.39. The molecule has 0 spiro atoms. The van der Waals surface area contributed by atoms with Crippen LogP contribution in [0.5, 0.6) is 0 Å². The van der Waals surface area contributed by atoms with Crippen LogP contribution in [-0.4, -0.2) is 34.9 Å². The fraction of sp³-hybridized carbons (Fsp3) is 0.316. The molecule has 1 aliphatic heterocycles. The van der Waals surface area contributed by atoms with Gasteiger partial charge in [0, 0.05) is 28.8 Å². The van der Waals surface area contributed by atoms with Crippen molar-refractivity contribution >= 4 is 34.2 Å². The van der Waals surface area contributed by atoms with E-state index in [4.69, 9.17) is 4.74 Å². The third kappa shape index (κ3) is 4.59. The molecule has 1 heterocycles. The first kappa shape index (κ1) is 18.8. The number of carbonyl (C=O) groups excluding carboxylic acids is 1. The molecule has 0 aliphatic carbocycles. The highest BCUT2D eigenvalue weighted by Gasteiger charge is 2.26. The first-order valence-electron chi connectivity index (χ1n) is 8.43. The van der Waals surface area contributed by atoms with Gasteiger partial charge in [0.1, 0.15) is 0 Å². The van der Waals surface area contributed by atoms with Crippen molar-refractivity contribution in [3.05, 3.63) is 73.3 Å². The molecule has 2 aromatic carbocycles. The second-order valence-corrected chi connectivity index (χ2v) is 7.37. The fourth-order valence-electron chi connectivity index (χ4n) is 2.97. The number of benzene rings is 2. The Balaban J connectivity index is 1.57. The molecule has 1 aliphatic rings. The number of piperidine rings is 1. The van der Waals surface area contributed by atoms with Crippen molar-refractivity contribution in [2.75, 3.05) is 13.1 Å². The van der Waals surface area contributed by atoms with E-state index >= 15 is 0 Å². The van der Waals surface area contributed by atoms with Crippen molar-refractivity contribution in [3.8, 4) is 0 Å². The van der Waals surface area contributed by atoms with Gasteiger partial charge in [-0.25, -0.2) is 0 Å². The van der Waals surface area contributed by atoms with Gasteiger partial charge in [0.15, 0.2) is 0 Å². The Morgan fingerprint density at radius 2 is 1.88 bits per heavy atom. The van der Waals surface area contributed by atoms with Crippen LogP contribution >= 0.6 is 22.6 Å². The average Bonchev–Trinajstić information content (AvgIpc) is 2.67. The summed E-state index contributed by atoms with van der Waals surface area (Å²) in [6, 6.07) is 14.4. The molecule has 3 rings (SSSR count). The number of hydrogen-bond acceptors (Lipinski definition) is 4. The molecule has 1 fully saturated rings. The summed E-state index contributed by atoms with van der Waals surface area (Å²) >= 11 is 2.04. The van der Waals surface area contributed by atoms with E-state index in [-0.39, 0.29) is 17.7 Å². The maximum Gasteiger partial charge on any atom is 0.270 e. The minimum atomic E-state index is -0.476. The molecule has 26 heavy (non-hydrogen) atoms. The quantitative estimate of drug-likeness (QED) is 0.379. The molecule has 136 valence electrons. The van der Waals surface area contributed by atoms with Crippen LogP contribution in [0.2, 0.25) is 0 Å². The van der Waals surface area contributed by atoms with Crippen LogP contribution in [0.3, 0.4) is 0 Å². The standard InChI is InChI=1S/C19H19IN2O4/c20-18-7-6-15(22(24)25)12-17(18)19(23)21-10-8-16(9-11-21)26-13-14-4-2-1-3-5-14/h1-7,12,16H,8-11,13H2. The number of halogens is 1. The topological polar surface area (TPSA) is 72.7 Å². The third-order valence-electron chi connectivity index (χ3n) is 4.45. The van der Waals surface area contributed by atoms with E-state index in [1.807, 2.05) is 52.9 Å². The zero-order valence-corrected chi connectivity index (χ0v) is 16.3. The van der Waals surface area contributed by atoms with E-state index < -0.39 is 4.92 Å². The van der Waals surface area contributed by atoms with Gasteiger partial charge in [-0.2, -0.15) is 0 Å². The summed E-state index contributed by atoms with van der Waals surface area (Å²) in [5, 5.41) is 11.0. The predicted molar refractivity (Wildman–Crippen MR) is 106 cm³/mol. The minimum absolute atomic E-state index is 0.0603. The number of non-ortho nitro benzene ring substituents is 1. The zero-order chi connectivity index (χ0) is 18.5. The van der Waals surface area contributed by atoms with Gasteiger partial charge in [0.2, 0.25) is 0 Å². The molecule has 0 bridgehead atoms. The van der Waals surface area contributed by atoms with Crippen LogP contribution in [0, 0.1) is 13.7 Å². The van der Waals surface area contributed by atoms with Crippen molar-refractivity contribution in [2.24, 2.45) is 0 Å². The van der Waals surface area contributed by atoms with Gasteiger partial charge in [-0.15, -0.1) is 0 Å². The predicted octanol–water partition coefficient (Wildman–Crippen LogP) is 4.02. The largest absolute Gasteiger partial charge is 0.373 e. The van der Waals surface area contributed by atoms with Gasteiger partial charge in [-0.3, -0.25) is 14.9 Å². The second kappa shape index (κ2) is 8.59. The second-order valence-electron chi connectivity index (χ2n) is 6.21. The van der Waals surface area contributed by atoms with Gasteiger partial charge < -0.3 is 9.64 Å². The lowest BCUT2D eigenvalue weighted by Gasteiger charge is -2.32. The van der Waals surface area contributed by atoms with Gasteiger partial charge in [0.25, 0.3) is 11.6 Å². The van der Waals surface area contributed by atoms with Crippen LogP contribution in [0.1, 0.15) is 28.8 Å². The number of amides is 1. The van der Waals surface area contributed by atoms with E-state index in [2.05, 4.69) is 0 Å². The Kier molecular flexibility index (Phi) is 6.20. The molecule has 0 radical (unpaired) electrons. The average molecular weight is 466 g/mol. The van der Waals surface area contributed by atoms with Crippen molar-refractivity contribution in [1.29, 1.82) is 0 Å². The number of likely N-dealkylation sites (tertiary alicyclic amines) is 1. The molecule has 2 aromatic rings. The molecular weight excluding hydrogens is 447 g/mol. The summed E-state index contributed by atoms with van der Waals surface area (Å²) in [5.41, 5.74) is 1.47. The van der Waals surface area contributed by atoms with Crippen LogP contribution in [0.15, 0.2) is 48.5 Å². The first-order chi connectivity index (χ1) is 12.5. The van der Waals surface area contributed by atoms with E-state index in [9.17, 15) is 14.9 Å². The highest BCUT2D eigenvalue weighted by molar-refractivity contribution is 14.1. The van der Waals surface area contributed by atoms with E-state index in [1.54, 1.807) is 11.0 Å². The number of rotatable bonds is 5. The number of carbonyl (C=O) groups is 1. The molecule has 1 amide bonds. The number of hydrogen-bond donors (Lipinski definition) is 0. The van der Waals surface area contributed by atoms with Crippen LogP contribution in [0.4, 0.5) is 5.69 Å². The van der Waals surface area contributed by atoms with Gasteiger partial charge >= 0.3 is 0 Å². The molecule has 1 saturated heterocycles. The summed E-state index contributed by atoms with van der Waals surface area (Å²) < 4.78 is 6.67. The monoisotopic (exact) mass is 466 g/mol. The highest BCUT2D eigenvalue weighted by Crippen LogP contribution is 2.23. The van der Waals surface area contributed by atoms with Crippen LogP contribution < -0.4 is 0 Å². The van der Waals surface area contributed by atoms with Crippen molar-refractivity contribution < 1.29 is 14.5 Å². The van der Waals surface area contributed by atoms with Crippen LogP contribution in [-0.2, 0) is 11.3 Å². The van der Waals surface area contributed by atoms with Crippen LogP contribution in [0.25, 0.3) is 0 Å². The molecule has 6 nitrogen and oxygen atoms in total. The van der Waals surface area contributed by atoms with Crippen molar-refractivity contribution in [3.63, 3.8) is 0 Å². The Morgan fingerprint density at radius 3 is 2.54 bits per heavy atom. The van der Waals surface area contributed by atoms with E-state index in [0.29, 0.717) is 25.3 Å². The number of nitro groups is 1. The lowest BCUT2D eigenvalue weighted by atomic mass is 10.1. The zero-order valence-electron chi connectivity index (χ0n) is 14.1. The smallest absolute Gasteiger partial charge is 0.270 e. The molecule has 0 atom stereocenters. The summed E-state index contributed by atoms with van der Waals surface area (Å²) in [7, 11) is 0. The Bertz CT molecular complexity index is 789. The molecule has 0 aromatic heterocycles. The van der Waals surface area contributed by atoms with Crippen molar-refractivity contribution in [2.45, 2.75) is 25.6 Å². The number of nitro benzene ring substituents is 1. The molecule has 0 N–H and O–H groups in total. The lowest BCUT2D eigenvalue weighted by molar-refractivity contribution is -0.384. The van der Waals surface area contributed by atoms with Gasteiger partial charge in [-0.05, 0) is 47.1 Å². The number of nitrogens with zero attached hydrogens (tertiary/aromatic N) is 2.